The van der Waals surface area contributed by atoms with Gasteiger partial charge in [0.2, 0.25) is 15.9 Å². The molecule has 35 heavy (non-hydrogen) atoms. The van der Waals surface area contributed by atoms with Gasteiger partial charge in [-0.3, -0.25) is 4.79 Å². The molecule has 1 aromatic heterocycles. The molecule has 0 saturated carbocycles. The van der Waals surface area contributed by atoms with Crippen LogP contribution >= 0.6 is 11.8 Å². The lowest BCUT2D eigenvalue weighted by Crippen LogP contribution is -2.27. The molecule has 1 fully saturated rings. The summed E-state index contributed by atoms with van der Waals surface area (Å²) < 4.78 is 43.0. The van der Waals surface area contributed by atoms with E-state index >= 15 is 0 Å². The topological polar surface area (TPSA) is 97.2 Å². The van der Waals surface area contributed by atoms with Crippen LogP contribution < -0.4 is 5.32 Å². The Morgan fingerprint density at radius 2 is 1.77 bits per heavy atom. The van der Waals surface area contributed by atoms with Crippen molar-refractivity contribution in [2.75, 3.05) is 24.2 Å². The van der Waals surface area contributed by atoms with E-state index < -0.39 is 10.0 Å². The molecule has 0 bridgehead atoms. The second-order valence-electron chi connectivity index (χ2n) is 8.76. The number of halogens is 1. The first-order valence-corrected chi connectivity index (χ1v) is 13.9. The van der Waals surface area contributed by atoms with E-state index in [4.69, 9.17) is 0 Å². The molecule has 0 spiro atoms. The van der Waals surface area contributed by atoms with E-state index in [-0.39, 0.29) is 28.3 Å². The van der Waals surface area contributed by atoms with E-state index in [1.807, 2.05) is 18.4 Å². The number of carbonyl (C=O) groups excluding carboxylic acids is 1. The molecule has 2 heterocycles. The number of thioether (sulfide) groups is 1. The molecule has 0 aliphatic carbocycles. The number of amides is 1. The van der Waals surface area contributed by atoms with Crippen LogP contribution in [0.3, 0.4) is 0 Å². The smallest absolute Gasteiger partial charge is 0.243 e. The van der Waals surface area contributed by atoms with Crippen LogP contribution in [-0.4, -0.2) is 52.2 Å². The minimum absolute atomic E-state index is 0.0708. The SMILES string of the molecule is CC(C)Cn1c(SCC(=O)Nc2ccc(S(=O)(=O)N3CCCC3)cc2)nnc1-c1ccccc1F. The Balaban J connectivity index is 1.42. The van der Waals surface area contributed by atoms with E-state index in [1.165, 1.54) is 34.3 Å². The molecule has 1 saturated heterocycles. The maximum atomic E-state index is 14.4. The first kappa shape index (κ1) is 25.3. The second kappa shape index (κ2) is 10.9. The lowest BCUT2D eigenvalue weighted by atomic mass is 10.2. The summed E-state index contributed by atoms with van der Waals surface area (Å²) in [5, 5.41) is 11.7. The van der Waals surface area contributed by atoms with Crippen molar-refractivity contribution in [3.05, 3.63) is 54.3 Å². The quantitative estimate of drug-likeness (QED) is 0.426. The van der Waals surface area contributed by atoms with E-state index in [2.05, 4.69) is 15.5 Å². The van der Waals surface area contributed by atoms with Crippen molar-refractivity contribution in [1.29, 1.82) is 0 Å². The van der Waals surface area contributed by atoms with Gasteiger partial charge in [-0.05, 0) is 55.2 Å². The van der Waals surface area contributed by atoms with Crippen molar-refractivity contribution < 1.29 is 17.6 Å². The lowest BCUT2D eigenvalue weighted by molar-refractivity contribution is -0.113. The van der Waals surface area contributed by atoms with E-state index in [0.717, 1.165) is 12.8 Å². The third-order valence-electron chi connectivity index (χ3n) is 5.55. The van der Waals surface area contributed by atoms with Gasteiger partial charge in [0, 0.05) is 25.3 Å². The Morgan fingerprint density at radius 3 is 2.43 bits per heavy atom. The van der Waals surface area contributed by atoms with Gasteiger partial charge in [-0.1, -0.05) is 37.7 Å². The van der Waals surface area contributed by atoms with Gasteiger partial charge in [0.25, 0.3) is 0 Å². The molecule has 2 aromatic carbocycles. The van der Waals surface area contributed by atoms with Crippen LogP contribution in [0.5, 0.6) is 0 Å². The van der Waals surface area contributed by atoms with Crippen LogP contribution in [0.25, 0.3) is 11.4 Å². The zero-order valence-corrected chi connectivity index (χ0v) is 21.3. The predicted octanol–water partition coefficient (Wildman–Crippen LogP) is 4.26. The summed E-state index contributed by atoms with van der Waals surface area (Å²) in [7, 11) is -3.50. The standard InChI is InChI=1S/C24H28FN5O3S2/c1-17(2)15-30-23(20-7-3-4-8-21(20)25)27-28-24(30)34-16-22(31)26-18-9-11-19(12-10-18)35(32,33)29-13-5-6-14-29/h3-4,7-12,17H,5-6,13-16H2,1-2H3,(H,26,31). The molecule has 1 aliphatic heterocycles. The van der Waals surface area contributed by atoms with Gasteiger partial charge in [-0.15, -0.1) is 10.2 Å². The Hall–Kier alpha value is -2.76. The molecular weight excluding hydrogens is 489 g/mol. The van der Waals surface area contributed by atoms with Crippen LogP contribution in [-0.2, 0) is 21.4 Å². The van der Waals surface area contributed by atoms with Crippen LogP contribution in [0.1, 0.15) is 26.7 Å². The molecular formula is C24H28FN5O3S2. The first-order chi connectivity index (χ1) is 16.8. The first-order valence-electron chi connectivity index (χ1n) is 11.5. The highest BCUT2D eigenvalue weighted by Gasteiger charge is 2.27. The van der Waals surface area contributed by atoms with Gasteiger partial charge in [-0.2, -0.15) is 4.31 Å². The van der Waals surface area contributed by atoms with Gasteiger partial charge in [0.15, 0.2) is 11.0 Å². The number of sulfonamides is 1. The summed E-state index contributed by atoms with van der Waals surface area (Å²) in [6.07, 6.45) is 1.75. The number of hydrogen-bond donors (Lipinski definition) is 1. The molecule has 0 unspecified atom stereocenters. The third kappa shape index (κ3) is 5.91. The second-order valence-corrected chi connectivity index (χ2v) is 11.6. The van der Waals surface area contributed by atoms with Crippen molar-refractivity contribution in [2.45, 2.75) is 43.3 Å². The summed E-state index contributed by atoms with van der Waals surface area (Å²) in [5.41, 5.74) is 0.868. The predicted molar refractivity (Wildman–Crippen MR) is 134 cm³/mol. The fourth-order valence-corrected chi connectivity index (χ4v) is 6.15. The van der Waals surface area contributed by atoms with Crippen molar-refractivity contribution >= 4 is 33.4 Å². The number of nitrogens with one attached hydrogen (secondary N) is 1. The summed E-state index contributed by atoms with van der Waals surface area (Å²) >= 11 is 1.21. The minimum Gasteiger partial charge on any atom is -0.325 e. The van der Waals surface area contributed by atoms with Crippen molar-refractivity contribution in [1.82, 2.24) is 19.1 Å². The highest BCUT2D eigenvalue weighted by molar-refractivity contribution is 7.99. The minimum atomic E-state index is -3.50. The number of benzene rings is 2. The summed E-state index contributed by atoms with van der Waals surface area (Å²) in [6, 6.07) is 12.6. The number of hydrogen-bond acceptors (Lipinski definition) is 6. The normalized spacial score (nSPS) is 14.5. The fourth-order valence-electron chi connectivity index (χ4n) is 3.88. The molecule has 186 valence electrons. The Labute approximate surface area is 209 Å². The maximum Gasteiger partial charge on any atom is 0.243 e. The Bertz CT molecular complexity index is 1290. The number of carbonyl (C=O) groups is 1. The summed E-state index contributed by atoms with van der Waals surface area (Å²) in [4.78, 5) is 12.8. The van der Waals surface area contributed by atoms with Crippen molar-refractivity contribution in [3.8, 4) is 11.4 Å². The molecule has 1 N–H and O–H groups in total. The van der Waals surface area contributed by atoms with Gasteiger partial charge in [0.05, 0.1) is 16.2 Å². The molecule has 11 heteroatoms. The molecule has 0 atom stereocenters. The lowest BCUT2D eigenvalue weighted by Gasteiger charge is -2.15. The maximum absolute atomic E-state index is 14.4. The Morgan fingerprint density at radius 1 is 1.09 bits per heavy atom. The van der Waals surface area contributed by atoms with E-state index in [9.17, 15) is 17.6 Å². The summed E-state index contributed by atoms with van der Waals surface area (Å²) in [6.45, 7) is 5.74. The average molecular weight is 518 g/mol. The largest absolute Gasteiger partial charge is 0.325 e. The van der Waals surface area contributed by atoms with Gasteiger partial charge in [0.1, 0.15) is 5.82 Å². The number of nitrogens with zero attached hydrogens (tertiary/aromatic N) is 4. The molecule has 3 aromatic rings. The van der Waals surface area contributed by atoms with E-state index in [0.29, 0.717) is 41.9 Å². The zero-order chi connectivity index (χ0) is 25.0. The average Bonchev–Trinajstić information content (AvgIpc) is 3.49. The van der Waals surface area contributed by atoms with Crippen LogP contribution in [0.4, 0.5) is 10.1 Å². The third-order valence-corrected chi connectivity index (χ3v) is 8.43. The van der Waals surface area contributed by atoms with Gasteiger partial charge < -0.3 is 9.88 Å². The summed E-state index contributed by atoms with van der Waals surface area (Å²) in [5.74, 6) is 0.113. The van der Waals surface area contributed by atoms with Crippen molar-refractivity contribution in [2.24, 2.45) is 5.92 Å². The highest BCUT2D eigenvalue weighted by atomic mass is 32.2. The molecule has 0 radical (unpaired) electrons. The number of anilines is 1. The zero-order valence-electron chi connectivity index (χ0n) is 19.6. The van der Waals surface area contributed by atoms with Crippen LogP contribution in [0, 0.1) is 11.7 Å². The van der Waals surface area contributed by atoms with Gasteiger partial charge >= 0.3 is 0 Å². The highest BCUT2D eigenvalue weighted by Crippen LogP contribution is 2.27. The molecule has 1 aliphatic rings. The monoisotopic (exact) mass is 517 g/mol. The molecule has 1 amide bonds. The number of rotatable bonds is 9. The van der Waals surface area contributed by atoms with Crippen LogP contribution in [0.15, 0.2) is 58.6 Å². The molecule has 8 nitrogen and oxygen atoms in total. The van der Waals surface area contributed by atoms with Crippen LogP contribution in [0.2, 0.25) is 0 Å². The van der Waals surface area contributed by atoms with E-state index in [1.54, 1.807) is 30.3 Å². The van der Waals surface area contributed by atoms with Gasteiger partial charge in [-0.25, -0.2) is 12.8 Å². The Kier molecular flexibility index (Phi) is 7.88. The fraction of sp³-hybridized carbons (Fsp3) is 0.375. The number of aromatic nitrogens is 3. The molecule has 4 rings (SSSR count). The van der Waals surface area contributed by atoms with Crippen molar-refractivity contribution in [3.63, 3.8) is 0 Å².